The van der Waals surface area contributed by atoms with Gasteiger partial charge in [-0.25, -0.2) is 0 Å². The zero-order valence-corrected chi connectivity index (χ0v) is 7.98. The van der Waals surface area contributed by atoms with Gasteiger partial charge in [0.1, 0.15) is 0 Å². The van der Waals surface area contributed by atoms with Gasteiger partial charge in [0.15, 0.2) is 8.32 Å². The van der Waals surface area contributed by atoms with Gasteiger partial charge in [0, 0.05) is 13.5 Å². The molecular weight excluding hydrogens is 142 g/mol. The van der Waals surface area contributed by atoms with Crippen molar-refractivity contribution in [3.05, 3.63) is 0 Å². The molecule has 0 saturated heterocycles. The number of unbranched alkanes of at least 4 members (excludes halogenated alkanes) is 1. The summed E-state index contributed by atoms with van der Waals surface area (Å²) in [5, 5.41) is 8.26. The number of rotatable bonds is 4. The van der Waals surface area contributed by atoms with Gasteiger partial charge in [0.2, 0.25) is 0 Å². The Morgan fingerprint density at radius 1 is 1.50 bits per heavy atom. The van der Waals surface area contributed by atoms with Gasteiger partial charge in [0.25, 0.3) is 0 Å². The highest BCUT2D eigenvalue weighted by Gasteiger charge is 2.18. The summed E-state index contributed by atoms with van der Waals surface area (Å²) in [5.74, 6) is 0. The second kappa shape index (κ2) is 4.48. The molecule has 2 nitrogen and oxygen atoms in total. The Hall–Kier alpha value is -0.333. The smallest absolute Gasteiger partial charge is 0.186 e. The number of nitrogens with zero attached hydrogens (tertiary/aromatic N) is 1. The van der Waals surface area contributed by atoms with Gasteiger partial charge in [-0.3, -0.25) is 0 Å². The van der Waals surface area contributed by atoms with Crippen LogP contribution in [0.15, 0.2) is 0 Å². The molecule has 0 rings (SSSR count). The predicted molar refractivity (Wildman–Crippen MR) is 44.1 cm³/mol. The van der Waals surface area contributed by atoms with Crippen molar-refractivity contribution in [3.8, 4) is 6.07 Å². The Bertz CT molecular complexity index is 128. The van der Waals surface area contributed by atoms with Crippen LogP contribution in [0, 0.1) is 11.3 Å². The highest BCUT2D eigenvalue weighted by atomic mass is 28.4. The van der Waals surface area contributed by atoms with Gasteiger partial charge < -0.3 is 4.43 Å². The van der Waals surface area contributed by atoms with E-state index < -0.39 is 8.32 Å². The van der Waals surface area contributed by atoms with E-state index in [9.17, 15) is 0 Å². The first-order valence-corrected chi connectivity index (χ1v) is 6.66. The highest BCUT2D eigenvalue weighted by Crippen LogP contribution is 2.12. The van der Waals surface area contributed by atoms with Crippen molar-refractivity contribution in [3.63, 3.8) is 0 Å². The Kier molecular flexibility index (Phi) is 4.33. The van der Waals surface area contributed by atoms with Gasteiger partial charge >= 0.3 is 0 Å². The van der Waals surface area contributed by atoms with E-state index in [1.807, 2.05) is 0 Å². The van der Waals surface area contributed by atoms with Crippen LogP contribution in [-0.4, -0.2) is 15.4 Å². The lowest BCUT2D eigenvalue weighted by atomic mass is 10.4. The lowest BCUT2D eigenvalue weighted by Gasteiger charge is -2.18. The average molecular weight is 157 g/mol. The number of hydrogen-bond acceptors (Lipinski definition) is 2. The third kappa shape index (κ3) is 4.54. The fraction of sp³-hybridized carbons (Fsp3) is 0.857. The minimum Gasteiger partial charge on any atom is -0.420 e. The lowest BCUT2D eigenvalue weighted by molar-refractivity contribution is 0.402. The summed E-state index contributed by atoms with van der Waals surface area (Å²) in [7, 11) is 0.397. The van der Waals surface area contributed by atoms with Crippen molar-refractivity contribution in [2.75, 3.05) is 7.11 Å². The van der Waals surface area contributed by atoms with Crippen molar-refractivity contribution < 1.29 is 4.43 Å². The number of nitriles is 1. The fourth-order valence-electron chi connectivity index (χ4n) is 0.695. The van der Waals surface area contributed by atoms with Crippen LogP contribution in [0.2, 0.25) is 19.1 Å². The molecule has 0 amide bonds. The molecule has 0 radical (unpaired) electrons. The van der Waals surface area contributed by atoms with E-state index in [4.69, 9.17) is 9.69 Å². The summed E-state index contributed by atoms with van der Waals surface area (Å²) in [6.45, 7) is 4.34. The molecule has 0 atom stereocenters. The average Bonchev–Trinajstić information content (AvgIpc) is 1.89. The topological polar surface area (TPSA) is 33.0 Å². The van der Waals surface area contributed by atoms with E-state index in [0.717, 1.165) is 12.5 Å². The first-order chi connectivity index (χ1) is 4.62. The molecule has 0 saturated carbocycles. The Labute approximate surface area is 63.9 Å². The quantitative estimate of drug-likeness (QED) is 0.462. The van der Waals surface area contributed by atoms with Crippen molar-refractivity contribution in [1.82, 2.24) is 0 Å². The minimum atomic E-state index is -1.37. The third-order valence-electron chi connectivity index (χ3n) is 1.62. The molecule has 0 aromatic rings. The Morgan fingerprint density at radius 3 is 2.50 bits per heavy atom. The van der Waals surface area contributed by atoms with Gasteiger partial charge in [0.05, 0.1) is 6.07 Å². The molecule has 0 spiro atoms. The minimum absolute atomic E-state index is 0.666. The summed E-state index contributed by atoms with van der Waals surface area (Å²) in [4.78, 5) is 0. The normalized spacial score (nSPS) is 11.0. The lowest BCUT2D eigenvalue weighted by Crippen LogP contribution is -2.27. The standard InChI is InChI=1S/C7H15NOSi/c1-9-10(2,3)7-5-4-6-8/h4-5,7H2,1-3H3. The van der Waals surface area contributed by atoms with Crippen LogP contribution >= 0.6 is 0 Å². The number of hydrogen-bond donors (Lipinski definition) is 0. The van der Waals surface area contributed by atoms with E-state index in [1.165, 1.54) is 0 Å². The fourth-order valence-corrected chi connectivity index (χ4v) is 1.93. The third-order valence-corrected chi connectivity index (χ3v) is 4.28. The SMILES string of the molecule is CO[Si](C)(C)CCCC#N. The van der Waals surface area contributed by atoms with Crippen LogP contribution in [-0.2, 0) is 4.43 Å². The Morgan fingerprint density at radius 2 is 2.10 bits per heavy atom. The van der Waals surface area contributed by atoms with Crippen molar-refractivity contribution >= 4 is 8.32 Å². The molecule has 0 bridgehead atoms. The van der Waals surface area contributed by atoms with Crippen LogP contribution in [0.3, 0.4) is 0 Å². The van der Waals surface area contributed by atoms with Crippen molar-refractivity contribution in [2.45, 2.75) is 32.0 Å². The molecule has 0 fully saturated rings. The molecule has 10 heavy (non-hydrogen) atoms. The largest absolute Gasteiger partial charge is 0.420 e. The van der Waals surface area contributed by atoms with Gasteiger partial charge in [-0.2, -0.15) is 5.26 Å². The molecule has 0 N–H and O–H groups in total. The van der Waals surface area contributed by atoms with Crippen molar-refractivity contribution in [1.29, 1.82) is 5.26 Å². The summed E-state index contributed by atoms with van der Waals surface area (Å²) in [6.07, 6.45) is 1.66. The maximum atomic E-state index is 8.26. The monoisotopic (exact) mass is 157 g/mol. The summed E-state index contributed by atoms with van der Waals surface area (Å²) >= 11 is 0. The first kappa shape index (κ1) is 9.67. The van der Waals surface area contributed by atoms with Crippen LogP contribution in [0.25, 0.3) is 0 Å². The zero-order chi connectivity index (χ0) is 8.04. The van der Waals surface area contributed by atoms with E-state index >= 15 is 0 Å². The zero-order valence-electron chi connectivity index (χ0n) is 6.98. The summed E-state index contributed by atoms with van der Waals surface area (Å²) in [5.41, 5.74) is 0. The van der Waals surface area contributed by atoms with Gasteiger partial charge in [-0.15, -0.1) is 0 Å². The van der Waals surface area contributed by atoms with Crippen LogP contribution < -0.4 is 0 Å². The van der Waals surface area contributed by atoms with Crippen molar-refractivity contribution in [2.24, 2.45) is 0 Å². The Balaban J connectivity index is 3.39. The molecular formula is C7H15NOSi. The first-order valence-electron chi connectivity index (χ1n) is 3.54. The van der Waals surface area contributed by atoms with E-state index in [0.29, 0.717) is 6.42 Å². The molecule has 0 unspecified atom stereocenters. The second-order valence-electron chi connectivity index (χ2n) is 2.98. The molecule has 0 aliphatic rings. The molecule has 0 aliphatic carbocycles. The van der Waals surface area contributed by atoms with E-state index in [1.54, 1.807) is 7.11 Å². The summed E-state index contributed by atoms with van der Waals surface area (Å²) < 4.78 is 5.31. The molecule has 0 aromatic carbocycles. The predicted octanol–water partition coefficient (Wildman–Crippen LogP) is 2.14. The maximum Gasteiger partial charge on any atom is 0.186 e. The summed E-state index contributed by atoms with van der Waals surface area (Å²) in [6, 6.07) is 3.23. The molecule has 58 valence electrons. The second-order valence-corrected chi connectivity index (χ2v) is 7.40. The molecule has 0 heterocycles. The van der Waals surface area contributed by atoms with Crippen LogP contribution in [0.1, 0.15) is 12.8 Å². The van der Waals surface area contributed by atoms with Gasteiger partial charge in [-0.1, -0.05) is 0 Å². The van der Waals surface area contributed by atoms with Crippen LogP contribution in [0.4, 0.5) is 0 Å². The maximum absolute atomic E-state index is 8.26. The molecule has 3 heteroatoms. The van der Waals surface area contributed by atoms with E-state index in [2.05, 4.69) is 19.2 Å². The van der Waals surface area contributed by atoms with Crippen LogP contribution in [0.5, 0.6) is 0 Å². The van der Waals surface area contributed by atoms with Gasteiger partial charge in [-0.05, 0) is 25.6 Å². The molecule has 0 aromatic heterocycles. The molecule has 0 aliphatic heterocycles. The highest BCUT2D eigenvalue weighted by molar-refractivity contribution is 6.71. The van der Waals surface area contributed by atoms with E-state index in [-0.39, 0.29) is 0 Å².